The van der Waals surface area contributed by atoms with Crippen molar-refractivity contribution in [2.75, 3.05) is 11.9 Å². The van der Waals surface area contributed by atoms with Crippen molar-refractivity contribution >= 4 is 23.6 Å². The number of carbonyl (C=O) groups excluding carboxylic acids is 2. The highest BCUT2D eigenvalue weighted by molar-refractivity contribution is 5.95. The van der Waals surface area contributed by atoms with Gasteiger partial charge in [-0.05, 0) is 36.1 Å². The number of anilines is 1. The van der Waals surface area contributed by atoms with Crippen molar-refractivity contribution in [1.29, 1.82) is 0 Å². The van der Waals surface area contributed by atoms with Crippen LogP contribution >= 0.6 is 0 Å². The van der Waals surface area contributed by atoms with Crippen LogP contribution in [-0.2, 0) is 14.3 Å². The van der Waals surface area contributed by atoms with Crippen molar-refractivity contribution in [3.63, 3.8) is 0 Å². The highest BCUT2D eigenvalue weighted by Gasteiger charge is 2.14. The number of nitrogens with one attached hydrogen (secondary N) is 1. The summed E-state index contributed by atoms with van der Waals surface area (Å²) >= 11 is 0. The van der Waals surface area contributed by atoms with Crippen molar-refractivity contribution in [2.24, 2.45) is 5.92 Å². The van der Waals surface area contributed by atoms with Gasteiger partial charge in [-0.15, -0.1) is 0 Å². The first-order valence-electron chi connectivity index (χ1n) is 8.64. The predicted octanol–water partition coefficient (Wildman–Crippen LogP) is 4.66. The molecule has 1 amide bonds. The summed E-state index contributed by atoms with van der Waals surface area (Å²) in [4.78, 5) is 26.4. The zero-order valence-electron chi connectivity index (χ0n) is 15.2. The van der Waals surface area contributed by atoms with Crippen LogP contribution in [0.4, 0.5) is 5.69 Å². The predicted molar refractivity (Wildman–Crippen MR) is 99.6 cm³/mol. The van der Waals surface area contributed by atoms with E-state index < -0.39 is 5.97 Å². The molecule has 0 saturated carbocycles. The number of unbranched alkanes of at least 4 members (excludes halogenated alkanes) is 1. The van der Waals surface area contributed by atoms with Crippen LogP contribution in [-0.4, -0.2) is 18.5 Å². The fourth-order valence-corrected chi connectivity index (χ4v) is 2.33. The summed E-state index contributed by atoms with van der Waals surface area (Å²) in [6.45, 7) is 13.2. The van der Waals surface area contributed by atoms with Crippen LogP contribution in [0.25, 0.3) is 10.9 Å². The molecular formula is C20H26N2O3. The van der Waals surface area contributed by atoms with E-state index in [2.05, 4.69) is 24.0 Å². The van der Waals surface area contributed by atoms with E-state index in [-0.39, 0.29) is 11.6 Å². The highest BCUT2D eigenvalue weighted by Crippen LogP contribution is 2.16. The Morgan fingerprint density at radius 1 is 1.28 bits per heavy atom. The van der Waals surface area contributed by atoms with Crippen molar-refractivity contribution in [3.05, 3.63) is 46.9 Å². The van der Waals surface area contributed by atoms with Crippen LogP contribution in [0, 0.1) is 12.5 Å². The Morgan fingerprint density at radius 2 is 1.96 bits per heavy atom. The lowest BCUT2D eigenvalue weighted by Crippen LogP contribution is -2.14. The van der Waals surface area contributed by atoms with E-state index in [1.807, 2.05) is 0 Å². The second-order valence-electron chi connectivity index (χ2n) is 5.96. The first kappa shape index (κ1) is 20.4. The number of nitrogens with zero attached hydrogens (tertiary/aromatic N) is 1. The minimum atomic E-state index is -0.587. The molecule has 1 unspecified atom stereocenters. The van der Waals surface area contributed by atoms with Gasteiger partial charge in [-0.1, -0.05) is 45.2 Å². The second kappa shape index (κ2) is 11.0. The van der Waals surface area contributed by atoms with Crippen LogP contribution in [0.3, 0.4) is 0 Å². The van der Waals surface area contributed by atoms with Gasteiger partial charge in [0.2, 0.25) is 5.91 Å². The molecule has 1 aromatic carbocycles. The molecule has 0 radical (unpaired) electrons. The third-order valence-corrected chi connectivity index (χ3v) is 3.86. The van der Waals surface area contributed by atoms with Crippen LogP contribution < -0.4 is 5.32 Å². The molecule has 5 heteroatoms. The summed E-state index contributed by atoms with van der Waals surface area (Å²) in [6.07, 6.45) is 5.71. The average molecular weight is 342 g/mol. The van der Waals surface area contributed by atoms with Gasteiger partial charge in [0.15, 0.2) is 0 Å². The topological polar surface area (TPSA) is 59.8 Å². The number of hydrogen-bond acceptors (Lipinski definition) is 3. The molecule has 0 bridgehead atoms. The van der Waals surface area contributed by atoms with Gasteiger partial charge < -0.3 is 10.1 Å². The first-order valence-corrected chi connectivity index (χ1v) is 8.64. The number of amides is 1. The van der Waals surface area contributed by atoms with E-state index in [0.717, 1.165) is 25.7 Å². The molecule has 0 spiro atoms. The maximum Gasteiger partial charge on any atom is 0.336 e. The number of benzene rings is 1. The van der Waals surface area contributed by atoms with Crippen LogP contribution in [0.1, 0.15) is 52.0 Å². The fraction of sp³-hybridized carbons (Fsp3) is 0.450. The van der Waals surface area contributed by atoms with Gasteiger partial charge in [-0.3, -0.25) is 9.59 Å². The second-order valence-corrected chi connectivity index (χ2v) is 5.96. The molecule has 1 aromatic rings. The number of ether oxygens (including phenoxy) is 1. The molecule has 1 N–H and O–H groups in total. The van der Waals surface area contributed by atoms with E-state index in [4.69, 9.17) is 11.3 Å². The van der Waals surface area contributed by atoms with E-state index >= 15 is 0 Å². The first-order chi connectivity index (χ1) is 12.0. The number of hydrogen-bond donors (Lipinski definition) is 1. The summed E-state index contributed by atoms with van der Waals surface area (Å²) in [7, 11) is 0. The molecule has 0 aromatic heterocycles. The maximum absolute atomic E-state index is 12.1. The lowest BCUT2D eigenvalue weighted by atomic mass is 10.0. The van der Waals surface area contributed by atoms with Gasteiger partial charge in [0.1, 0.15) is 0 Å². The van der Waals surface area contributed by atoms with E-state index in [1.165, 1.54) is 13.0 Å². The van der Waals surface area contributed by atoms with Gasteiger partial charge in [0.05, 0.1) is 13.2 Å². The molecule has 0 aliphatic rings. The summed E-state index contributed by atoms with van der Waals surface area (Å²) in [5, 5.41) is 2.67. The molecule has 0 heterocycles. The van der Waals surface area contributed by atoms with Gasteiger partial charge in [0, 0.05) is 12.6 Å². The number of carbonyl (C=O) groups is 2. The van der Waals surface area contributed by atoms with Crippen molar-refractivity contribution in [3.8, 4) is 0 Å². The monoisotopic (exact) mass is 342 g/mol. The Hall–Kier alpha value is -2.61. The summed E-state index contributed by atoms with van der Waals surface area (Å²) < 4.78 is 5.32. The van der Waals surface area contributed by atoms with E-state index in [1.54, 1.807) is 24.3 Å². The highest BCUT2D eigenvalue weighted by atomic mass is 16.5. The molecule has 1 rings (SSSR count). The van der Waals surface area contributed by atoms with Gasteiger partial charge in [0.25, 0.3) is 5.70 Å². The third-order valence-electron chi connectivity index (χ3n) is 3.86. The Kier molecular flexibility index (Phi) is 9.02. The van der Waals surface area contributed by atoms with Gasteiger partial charge in [-0.25, -0.2) is 4.85 Å². The Bertz CT molecular complexity index is 642. The molecule has 134 valence electrons. The standard InChI is InChI=1S/C20H26N2O3/c1-5-7-8-16(6-2)14-25-20(24)19(21-4)13-17-9-11-18(12-10-17)22-15(3)23/h9-13,16H,5-8,14H2,1-3H3,(H,22,23). The van der Waals surface area contributed by atoms with Crippen LogP contribution in [0.2, 0.25) is 0 Å². The summed E-state index contributed by atoms with van der Waals surface area (Å²) in [6, 6.07) is 6.91. The lowest BCUT2D eigenvalue weighted by molar-refractivity contribution is -0.140. The van der Waals surface area contributed by atoms with Crippen molar-refractivity contribution < 1.29 is 14.3 Å². The largest absolute Gasteiger partial charge is 0.470 e. The van der Waals surface area contributed by atoms with Crippen molar-refractivity contribution in [1.82, 2.24) is 0 Å². The zero-order valence-corrected chi connectivity index (χ0v) is 15.2. The average Bonchev–Trinajstić information content (AvgIpc) is 2.60. The number of rotatable bonds is 9. The minimum Gasteiger partial charge on any atom is -0.470 e. The van der Waals surface area contributed by atoms with Crippen LogP contribution in [0.5, 0.6) is 0 Å². The molecule has 1 atom stereocenters. The molecule has 0 aliphatic carbocycles. The van der Waals surface area contributed by atoms with Gasteiger partial charge in [-0.2, -0.15) is 0 Å². The van der Waals surface area contributed by atoms with Crippen molar-refractivity contribution in [2.45, 2.75) is 46.5 Å². The lowest BCUT2D eigenvalue weighted by Gasteiger charge is -2.14. The van der Waals surface area contributed by atoms with Gasteiger partial charge >= 0.3 is 5.97 Å². The van der Waals surface area contributed by atoms with Crippen LogP contribution in [0.15, 0.2) is 30.0 Å². The molecule has 5 nitrogen and oxygen atoms in total. The van der Waals surface area contributed by atoms with E-state index in [0.29, 0.717) is 23.8 Å². The summed E-state index contributed by atoms with van der Waals surface area (Å²) in [5.41, 5.74) is 1.32. The molecule has 25 heavy (non-hydrogen) atoms. The normalized spacial score (nSPS) is 12.2. The quantitative estimate of drug-likeness (QED) is 0.403. The Balaban J connectivity index is 2.70. The smallest absolute Gasteiger partial charge is 0.336 e. The fourth-order valence-electron chi connectivity index (χ4n) is 2.33. The molecular weight excluding hydrogens is 316 g/mol. The molecule has 0 saturated heterocycles. The SMILES string of the molecule is [C-]#[N+]C(=Cc1ccc(NC(C)=O)cc1)C(=O)OCC(CC)CCCC. The number of esters is 1. The Labute approximate surface area is 149 Å². The molecule has 0 fully saturated rings. The summed E-state index contributed by atoms with van der Waals surface area (Å²) in [5.74, 6) is -0.397. The Morgan fingerprint density at radius 3 is 2.48 bits per heavy atom. The maximum atomic E-state index is 12.1. The molecule has 0 aliphatic heterocycles. The zero-order chi connectivity index (χ0) is 18.7. The third kappa shape index (κ3) is 7.67. The minimum absolute atomic E-state index is 0.0439. The van der Waals surface area contributed by atoms with E-state index in [9.17, 15) is 9.59 Å².